The molecular weight excluding hydrogens is 192 g/mol. The van der Waals surface area contributed by atoms with Crippen LogP contribution < -0.4 is 5.32 Å². The summed E-state index contributed by atoms with van der Waals surface area (Å²) in [6, 6.07) is 0. The maximum absolute atomic E-state index is 11.5. The quantitative estimate of drug-likeness (QED) is 0.667. The van der Waals surface area contributed by atoms with Crippen LogP contribution in [0.1, 0.15) is 6.92 Å². The Morgan fingerprint density at radius 1 is 1.20 bits per heavy atom. The van der Waals surface area contributed by atoms with E-state index < -0.39 is 0 Å². The summed E-state index contributed by atoms with van der Waals surface area (Å²) in [5.41, 5.74) is 0.894. The zero-order valence-electron chi connectivity index (χ0n) is 9.33. The van der Waals surface area contributed by atoms with Crippen LogP contribution in [0.25, 0.3) is 0 Å². The Balaban J connectivity index is 2.53. The normalized spacial score (nSPS) is 16.5. The van der Waals surface area contributed by atoms with Crippen LogP contribution in [-0.4, -0.2) is 43.7 Å². The Labute approximate surface area is 89.6 Å². The van der Waals surface area contributed by atoms with Crippen LogP contribution >= 0.6 is 0 Å². The second kappa shape index (κ2) is 4.89. The van der Waals surface area contributed by atoms with Gasteiger partial charge in [-0.3, -0.25) is 9.59 Å². The van der Waals surface area contributed by atoms with Crippen molar-refractivity contribution < 1.29 is 9.59 Å². The van der Waals surface area contributed by atoms with E-state index in [1.165, 1.54) is 12.2 Å². The summed E-state index contributed by atoms with van der Waals surface area (Å²) in [5, 5.41) is 2.96. The fourth-order valence-corrected chi connectivity index (χ4v) is 1.21. The number of carbonyl (C=O) groups is 2. The molecule has 1 rings (SSSR count). The van der Waals surface area contributed by atoms with Gasteiger partial charge in [0.25, 0.3) is 0 Å². The zero-order chi connectivity index (χ0) is 11.4. The molecular formula is C11H16N2O2. The van der Waals surface area contributed by atoms with Crippen LogP contribution in [0.15, 0.2) is 23.4 Å². The largest absolute Gasteiger partial charge is 0.380 e. The first-order chi connectivity index (χ1) is 7.00. The van der Waals surface area contributed by atoms with Crippen molar-refractivity contribution >= 4 is 11.6 Å². The Morgan fingerprint density at radius 2 is 1.87 bits per heavy atom. The van der Waals surface area contributed by atoms with Gasteiger partial charge in [0.15, 0.2) is 5.78 Å². The molecule has 0 radical (unpaired) electrons. The van der Waals surface area contributed by atoms with Crippen molar-refractivity contribution in [2.75, 3.05) is 27.2 Å². The van der Waals surface area contributed by atoms with E-state index in [4.69, 9.17) is 0 Å². The first-order valence-corrected chi connectivity index (χ1v) is 4.88. The molecule has 0 fully saturated rings. The van der Waals surface area contributed by atoms with Crippen LogP contribution in [-0.2, 0) is 9.59 Å². The molecule has 0 aromatic carbocycles. The van der Waals surface area contributed by atoms with Gasteiger partial charge in [0.1, 0.15) is 0 Å². The molecule has 0 bridgehead atoms. The number of carbonyl (C=O) groups excluding carboxylic acids is 2. The molecule has 0 aliphatic heterocycles. The van der Waals surface area contributed by atoms with E-state index in [0.717, 1.165) is 6.54 Å². The topological polar surface area (TPSA) is 49.4 Å². The Bertz CT molecular complexity index is 340. The Morgan fingerprint density at radius 3 is 2.47 bits per heavy atom. The molecule has 0 heterocycles. The highest BCUT2D eigenvalue weighted by atomic mass is 16.1. The average molecular weight is 208 g/mol. The molecule has 4 heteroatoms. The van der Waals surface area contributed by atoms with E-state index in [1.807, 2.05) is 19.0 Å². The number of likely N-dealkylation sites (N-methyl/N-ethyl adjacent to an activating group) is 1. The van der Waals surface area contributed by atoms with Gasteiger partial charge in [0.05, 0.1) is 5.70 Å². The van der Waals surface area contributed by atoms with Crippen molar-refractivity contribution in [1.82, 2.24) is 10.2 Å². The third-order valence-electron chi connectivity index (χ3n) is 2.15. The molecule has 0 aromatic heterocycles. The molecule has 0 saturated carbocycles. The van der Waals surface area contributed by atoms with Crippen molar-refractivity contribution in [2.45, 2.75) is 6.92 Å². The van der Waals surface area contributed by atoms with Crippen LogP contribution in [0.2, 0.25) is 0 Å². The standard InChI is InChI=1S/C11H16N2O2/c1-8-6-11(15)9(7-10(8)14)12-4-5-13(2)3/h6-7,12H,4-5H2,1-3H3. The van der Waals surface area contributed by atoms with Gasteiger partial charge in [0, 0.05) is 24.7 Å². The van der Waals surface area contributed by atoms with Gasteiger partial charge in [-0.2, -0.15) is 0 Å². The molecule has 15 heavy (non-hydrogen) atoms. The molecule has 0 aromatic rings. The third kappa shape index (κ3) is 3.32. The molecule has 82 valence electrons. The highest BCUT2D eigenvalue weighted by molar-refractivity contribution is 6.19. The summed E-state index contributed by atoms with van der Waals surface area (Å²) in [6.07, 6.45) is 2.74. The van der Waals surface area contributed by atoms with Crippen molar-refractivity contribution in [3.05, 3.63) is 23.4 Å². The van der Waals surface area contributed by atoms with Crippen LogP contribution in [0.4, 0.5) is 0 Å². The SMILES string of the molecule is CC1=CC(=O)C(NCCN(C)C)=CC1=O. The third-order valence-corrected chi connectivity index (χ3v) is 2.15. The minimum absolute atomic E-state index is 0.0954. The number of allylic oxidation sites excluding steroid dienone is 3. The monoisotopic (exact) mass is 208 g/mol. The molecule has 0 amide bonds. The van der Waals surface area contributed by atoms with Crippen molar-refractivity contribution in [3.8, 4) is 0 Å². The fourth-order valence-electron chi connectivity index (χ4n) is 1.21. The zero-order valence-corrected chi connectivity index (χ0v) is 9.33. The second-order valence-corrected chi connectivity index (χ2v) is 3.84. The number of hydrogen-bond acceptors (Lipinski definition) is 4. The lowest BCUT2D eigenvalue weighted by Gasteiger charge is -2.14. The summed E-state index contributed by atoms with van der Waals surface area (Å²) in [5.74, 6) is -0.215. The molecule has 0 atom stereocenters. The number of ketones is 2. The van der Waals surface area contributed by atoms with Gasteiger partial charge in [-0.05, 0) is 27.1 Å². The van der Waals surface area contributed by atoms with Crippen molar-refractivity contribution in [1.29, 1.82) is 0 Å². The van der Waals surface area contributed by atoms with Crippen LogP contribution in [0.5, 0.6) is 0 Å². The summed E-state index contributed by atoms with van der Waals surface area (Å²) in [7, 11) is 3.90. The number of rotatable bonds is 4. The smallest absolute Gasteiger partial charge is 0.202 e. The summed E-state index contributed by atoms with van der Waals surface area (Å²) >= 11 is 0. The second-order valence-electron chi connectivity index (χ2n) is 3.84. The first-order valence-electron chi connectivity index (χ1n) is 4.88. The van der Waals surface area contributed by atoms with Gasteiger partial charge in [0.2, 0.25) is 5.78 Å². The maximum atomic E-state index is 11.5. The van der Waals surface area contributed by atoms with Gasteiger partial charge in [-0.25, -0.2) is 0 Å². The minimum Gasteiger partial charge on any atom is -0.380 e. The first kappa shape index (κ1) is 11.7. The fraction of sp³-hybridized carbons (Fsp3) is 0.455. The minimum atomic E-state index is -0.120. The lowest BCUT2D eigenvalue weighted by molar-refractivity contribution is -0.115. The lowest BCUT2D eigenvalue weighted by atomic mass is 10.0. The highest BCUT2D eigenvalue weighted by Gasteiger charge is 2.16. The predicted molar refractivity (Wildman–Crippen MR) is 58.4 cm³/mol. The van der Waals surface area contributed by atoms with Crippen molar-refractivity contribution in [3.63, 3.8) is 0 Å². The number of hydrogen-bond donors (Lipinski definition) is 1. The lowest BCUT2D eigenvalue weighted by Crippen LogP contribution is -2.30. The highest BCUT2D eigenvalue weighted by Crippen LogP contribution is 2.08. The van der Waals surface area contributed by atoms with Gasteiger partial charge in [-0.15, -0.1) is 0 Å². The van der Waals surface area contributed by atoms with E-state index in [0.29, 0.717) is 17.8 Å². The van der Waals surface area contributed by atoms with Gasteiger partial charge >= 0.3 is 0 Å². The number of nitrogens with one attached hydrogen (secondary N) is 1. The predicted octanol–water partition coefficient (Wildman–Crippen LogP) is 0.120. The molecule has 4 nitrogen and oxygen atoms in total. The summed E-state index contributed by atoms with van der Waals surface area (Å²) < 4.78 is 0. The molecule has 1 aliphatic rings. The van der Waals surface area contributed by atoms with E-state index >= 15 is 0 Å². The van der Waals surface area contributed by atoms with E-state index in [1.54, 1.807) is 6.92 Å². The number of nitrogens with zero attached hydrogens (tertiary/aromatic N) is 1. The summed E-state index contributed by atoms with van der Waals surface area (Å²) in [4.78, 5) is 24.8. The van der Waals surface area contributed by atoms with Gasteiger partial charge in [-0.1, -0.05) is 0 Å². The van der Waals surface area contributed by atoms with E-state index in [-0.39, 0.29) is 11.6 Å². The molecule has 0 saturated heterocycles. The van der Waals surface area contributed by atoms with Crippen LogP contribution in [0.3, 0.4) is 0 Å². The molecule has 1 aliphatic carbocycles. The Kier molecular flexibility index (Phi) is 3.80. The van der Waals surface area contributed by atoms with E-state index in [2.05, 4.69) is 5.32 Å². The van der Waals surface area contributed by atoms with Crippen LogP contribution in [0, 0.1) is 0 Å². The van der Waals surface area contributed by atoms with Gasteiger partial charge < -0.3 is 10.2 Å². The average Bonchev–Trinajstić information content (AvgIpc) is 2.13. The Hall–Kier alpha value is -1.42. The van der Waals surface area contributed by atoms with Crippen molar-refractivity contribution in [2.24, 2.45) is 0 Å². The van der Waals surface area contributed by atoms with E-state index in [9.17, 15) is 9.59 Å². The molecule has 1 N–H and O–H groups in total. The molecule has 0 spiro atoms. The summed E-state index contributed by atoms with van der Waals surface area (Å²) in [6.45, 7) is 3.12. The maximum Gasteiger partial charge on any atom is 0.202 e. The molecule has 0 unspecified atom stereocenters.